The maximum Gasteiger partial charge on any atom is 0.269 e. The molecule has 0 unspecified atom stereocenters. The number of carbonyl (C=O) groups is 1. The average molecular weight is 459 g/mol. The van der Waals surface area contributed by atoms with Gasteiger partial charge in [0.1, 0.15) is 4.83 Å². The van der Waals surface area contributed by atoms with E-state index in [0.717, 1.165) is 41.5 Å². The number of nitro groups is 1. The van der Waals surface area contributed by atoms with E-state index in [9.17, 15) is 19.7 Å². The molecule has 1 aliphatic carbocycles. The first-order valence-corrected chi connectivity index (χ1v) is 11.7. The highest BCUT2D eigenvalue weighted by Crippen LogP contribution is 2.35. The molecule has 0 bridgehead atoms. The van der Waals surface area contributed by atoms with Crippen molar-refractivity contribution in [3.8, 4) is 0 Å². The molecule has 0 aliphatic heterocycles. The highest BCUT2D eigenvalue weighted by atomic mass is 32.2. The Kier molecular flexibility index (Phi) is 5.85. The molecule has 1 aromatic carbocycles. The smallest absolute Gasteiger partial charge is 0.269 e. The molecule has 1 aliphatic rings. The van der Waals surface area contributed by atoms with Gasteiger partial charge < -0.3 is 5.32 Å². The average Bonchev–Trinajstić information content (AvgIpc) is 3.11. The Morgan fingerprint density at radius 1 is 1.35 bits per heavy atom. The summed E-state index contributed by atoms with van der Waals surface area (Å²) in [4.78, 5) is 42.9. The summed E-state index contributed by atoms with van der Waals surface area (Å²) >= 11 is 2.81. The number of aromatic nitrogens is 2. The Morgan fingerprint density at radius 3 is 2.81 bits per heavy atom. The monoisotopic (exact) mass is 458 g/mol. The summed E-state index contributed by atoms with van der Waals surface area (Å²) in [6, 6.07) is 4.31. The SMILES string of the molecule is Cc1cc([N+](=O)[O-])ccc1NC(=O)[C@H](C)Sc1nc2sc3c(c2c(=O)n1C)CCCC3. The highest BCUT2D eigenvalue weighted by Gasteiger charge is 2.23. The topological polar surface area (TPSA) is 107 Å². The Hall–Kier alpha value is -2.72. The number of nitro benzene ring substituents is 1. The van der Waals surface area contributed by atoms with Crippen LogP contribution in [0.4, 0.5) is 11.4 Å². The number of aryl methyl sites for hydroxylation is 3. The molecule has 8 nitrogen and oxygen atoms in total. The molecule has 10 heteroatoms. The zero-order valence-corrected chi connectivity index (χ0v) is 19.1. The van der Waals surface area contributed by atoms with Crippen LogP contribution in [0.1, 0.15) is 35.8 Å². The molecule has 3 aromatic rings. The zero-order chi connectivity index (χ0) is 22.3. The fourth-order valence-electron chi connectivity index (χ4n) is 3.72. The Morgan fingerprint density at radius 2 is 2.10 bits per heavy atom. The number of hydrogen-bond acceptors (Lipinski definition) is 7. The third-order valence-corrected chi connectivity index (χ3v) is 7.81. The maximum atomic E-state index is 13.0. The van der Waals surface area contributed by atoms with Crippen LogP contribution in [-0.2, 0) is 24.7 Å². The van der Waals surface area contributed by atoms with E-state index in [-0.39, 0.29) is 17.2 Å². The van der Waals surface area contributed by atoms with E-state index in [1.165, 1.54) is 39.4 Å². The summed E-state index contributed by atoms with van der Waals surface area (Å²) in [5, 5.41) is 14.4. The second-order valence-corrected chi connectivity index (χ2v) is 10.0. The molecule has 31 heavy (non-hydrogen) atoms. The van der Waals surface area contributed by atoms with Gasteiger partial charge in [-0.25, -0.2) is 4.98 Å². The Labute approximate surface area is 186 Å². The van der Waals surface area contributed by atoms with Gasteiger partial charge in [-0.05, 0) is 56.7 Å². The van der Waals surface area contributed by atoms with Crippen LogP contribution < -0.4 is 10.9 Å². The minimum absolute atomic E-state index is 0.0240. The number of thioether (sulfide) groups is 1. The normalized spacial score (nSPS) is 14.3. The Bertz CT molecular complexity index is 1260. The number of hydrogen-bond donors (Lipinski definition) is 1. The van der Waals surface area contributed by atoms with E-state index in [0.29, 0.717) is 16.4 Å². The van der Waals surface area contributed by atoms with Crippen LogP contribution in [0.2, 0.25) is 0 Å². The van der Waals surface area contributed by atoms with Gasteiger partial charge in [0.2, 0.25) is 5.91 Å². The predicted octanol–water partition coefficient (Wildman–Crippen LogP) is 4.21. The summed E-state index contributed by atoms with van der Waals surface area (Å²) in [6.07, 6.45) is 4.15. The first kappa shape index (κ1) is 21.5. The van der Waals surface area contributed by atoms with Crippen LogP contribution in [0.15, 0.2) is 28.2 Å². The van der Waals surface area contributed by atoms with E-state index < -0.39 is 10.2 Å². The highest BCUT2D eigenvalue weighted by molar-refractivity contribution is 8.00. The molecule has 2 aromatic heterocycles. The third kappa shape index (κ3) is 4.09. The van der Waals surface area contributed by atoms with Gasteiger partial charge in [0, 0.05) is 29.7 Å². The molecule has 0 spiro atoms. The molecule has 162 valence electrons. The molecule has 1 atom stereocenters. The van der Waals surface area contributed by atoms with Gasteiger partial charge in [0.25, 0.3) is 11.2 Å². The van der Waals surface area contributed by atoms with Gasteiger partial charge in [0.15, 0.2) is 5.16 Å². The summed E-state index contributed by atoms with van der Waals surface area (Å²) in [5.41, 5.74) is 2.19. The number of fused-ring (bicyclic) bond motifs is 3. The van der Waals surface area contributed by atoms with E-state index in [2.05, 4.69) is 5.32 Å². The predicted molar refractivity (Wildman–Crippen MR) is 123 cm³/mol. The lowest BCUT2D eigenvalue weighted by Crippen LogP contribution is -2.26. The van der Waals surface area contributed by atoms with E-state index in [1.807, 2.05) is 0 Å². The summed E-state index contributed by atoms with van der Waals surface area (Å²) in [5.74, 6) is -0.262. The summed E-state index contributed by atoms with van der Waals surface area (Å²) in [6.45, 7) is 3.45. The second kappa shape index (κ2) is 8.43. The molecule has 4 rings (SSSR count). The van der Waals surface area contributed by atoms with Crippen molar-refractivity contribution < 1.29 is 9.72 Å². The fraction of sp³-hybridized carbons (Fsp3) is 0.381. The Balaban J connectivity index is 1.56. The van der Waals surface area contributed by atoms with Gasteiger partial charge in [-0.3, -0.25) is 24.3 Å². The number of thiophene rings is 1. The molecule has 0 saturated carbocycles. The van der Waals surface area contributed by atoms with Crippen molar-refractivity contribution >= 4 is 50.6 Å². The van der Waals surface area contributed by atoms with Crippen molar-refractivity contribution in [3.05, 3.63) is 54.7 Å². The van der Waals surface area contributed by atoms with Crippen molar-refractivity contribution in [1.82, 2.24) is 9.55 Å². The summed E-state index contributed by atoms with van der Waals surface area (Å²) in [7, 11) is 1.69. The molecule has 0 fully saturated rings. The van der Waals surface area contributed by atoms with Gasteiger partial charge in [-0.2, -0.15) is 0 Å². The lowest BCUT2D eigenvalue weighted by atomic mass is 9.97. The van der Waals surface area contributed by atoms with Crippen LogP contribution in [0, 0.1) is 17.0 Å². The second-order valence-electron chi connectivity index (χ2n) is 7.66. The molecule has 1 amide bonds. The van der Waals surface area contributed by atoms with E-state index in [1.54, 1.807) is 32.2 Å². The van der Waals surface area contributed by atoms with Gasteiger partial charge in [-0.1, -0.05) is 11.8 Å². The van der Waals surface area contributed by atoms with Crippen molar-refractivity contribution in [2.24, 2.45) is 7.05 Å². The fourth-order valence-corrected chi connectivity index (χ4v) is 5.90. The number of carbonyl (C=O) groups excluding carboxylic acids is 1. The van der Waals surface area contributed by atoms with Gasteiger partial charge in [-0.15, -0.1) is 11.3 Å². The minimum Gasteiger partial charge on any atom is -0.325 e. The third-order valence-electron chi connectivity index (χ3n) is 5.49. The number of benzene rings is 1. The number of nitrogens with one attached hydrogen (secondary N) is 1. The van der Waals surface area contributed by atoms with E-state index in [4.69, 9.17) is 4.98 Å². The van der Waals surface area contributed by atoms with Crippen LogP contribution >= 0.6 is 23.1 Å². The van der Waals surface area contributed by atoms with E-state index >= 15 is 0 Å². The number of nitrogens with zero attached hydrogens (tertiary/aromatic N) is 3. The van der Waals surface area contributed by atoms with Gasteiger partial charge >= 0.3 is 0 Å². The number of anilines is 1. The number of amides is 1. The summed E-state index contributed by atoms with van der Waals surface area (Å²) < 4.78 is 1.52. The van der Waals surface area contributed by atoms with Crippen LogP contribution in [0.5, 0.6) is 0 Å². The molecule has 0 radical (unpaired) electrons. The standard InChI is InChI=1S/C21H22N4O4S2/c1-11-10-13(25(28)29)8-9-15(11)22-18(26)12(2)30-21-23-19-17(20(27)24(21)3)14-6-4-5-7-16(14)31-19/h8-10,12H,4-7H2,1-3H3,(H,22,26)/t12-/m0/s1. The molecule has 0 saturated heterocycles. The van der Waals surface area contributed by atoms with Crippen molar-refractivity contribution in [3.63, 3.8) is 0 Å². The van der Waals surface area contributed by atoms with Crippen LogP contribution in [0.3, 0.4) is 0 Å². The largest absolute Gasteiger partial charge is 0.325 e. The van der Waals surface area contributed by atoms with Gasteiger partial charge in [0.05, 0.1) is 15.6 Å². The molecule has 1 N–H and O–H groups in total. The van der Waals surface area contributed by atoms with Crippen LogP contribution in [0.25, 0.3) is 10.2 Å². The minimum atomic E-state index is -0.514. The lowest BCUT2D eigenvalue weighted by molar-refractivity contribution is -0.384. The first-order chi connectivity index (χ1) is 14.8. The van der Waals surface area contributed by atoms with Crippen molar-refractivity contribution in [2.75, 3.05) is 5.32 Å². The van der Waals surface area contributed by atoms with Crippen LogP contribution in [-0.4, -0.2) is 25.6 Å². The first-order valence-electron chi connectivity index (χ1n) is 10.00. The number of non-ortho nitro benzene ring substituents is 1. The molecular formula is C21H22N4O4S2. The van der Waals surface area contributed by atoms with Crippen molar-refractivity contribution in [2.45, 2.75) is 49.9 Å². The molecular weight excluding hydrogens is 436 g/mol. The molecule has 2 heterocycles. The zero-order valence-electron chi connectivity index (χ0n) is 17.4. The quantitative estimate of drug-likeness (QED) is 0.266. The number of rotatable bonds is 5. The maximum absolute atomic E-state index is 13.0. The lowest BCUT2D eigenvalue weighted by Gasteiger charge is -2.15. The van der Waals surface area contributed by atoms with Crippen molar-refractivity contribution in [1.29, 1.82) is 0 Å².